The smallest absolute Gasteiger partial charge is 0.225 e. The molecule has 3 nitrogen and oxygen atoms in total. The van der Waals surface area contributed by atoms with Crippen molar-refractivity contribution in [1.82, 2.24) is 9.97 Å². The number of hydrogen-bond donors (Lipinski definition) is 0. The van der Waals surface area contributed by atoms with Crippen LogP contribution in [0.2, 0.25) is 5.02 Å². The van der Waals surface area contributed by atoms with Crippen LogP contribution in [0, 0.1) is 18.3 Å². The van der Waals surface area contributed by atoms with Crippen molar-refractivity contribution >= 4 is 17.5 Å². The van der Waals surface area contributed by atoms with Crippen LogP contribution in [0.4, 0.5) is 5.95 Å². The van der Waals surface area contributed by atoms with Crippen LogP contribution in [0.1, 0.15) is 19.3 Å². The highest BCUT2D eigenvalue weighted by Crippen LogP contribution is 2.40. The first-order valence-corrected chi connectivity index (χ1v) is 6.26. The van der Waals surface area contributed by atoms with E-state index in [-0.39, 0.29) is 0 Å². The molecule has 1 saturated heterocycles. The van der Waals surface area contributed by atoms with Gasteiger partial charge >= 0.3 is 0 Å². The average Bonchev–Trinajstić information content (AvgIpc) is 3.14. The zero-order valence-electron chi connectivity index (χ0n) is 9.14. The van der Waals surface area contributed by atoms with Crippen LogP contribution in [0.25, 0.3) is 0 Å². The SMILES string of the molecule is Clc1cnc(N2CCC(C3[CH]C3)CC2)nc1. The molecule has 16 heavy (non-hydrogen) atoms. The van der Waals surface area contributed by atoms with E-state index in [1.54, 1.807) is 12.4 Å². The topological polar surface area (TPSA) is 29.0 Å². The molecule has 0 amide bonds. The second-order valence-electron chi connectivity index (χ2n) is 4.66. The second kappa shape index (κ2) is 4.21. The number of piperidine rings is 1. The van der Waals surface area contributed by atoms with Crippen LogP contribution in [-0.2, 0) is 0 Å². The van der Waals surface area contributed by atoms with Gasteiger partial charge in [-0.15, -0.1) is 0 Å². The molecule has 2 aliphatic rings. The van der Waals surface area contributed by atoms with Gasteiger partial charge in [-0.05, 0) is 37.5 Å². The molecule has 4 heteroatoms. The number of hydrogen-bond acceptors (Lipinski definition) is 3. The summed E-state index contributed by atoms with van der Waals surface area (Å²) in [5.74, 6) is 2.64. The van der Waals surface area contributed by atoms with Crippen LogP contribution in [0.3, 0.4) is 0 Å². The minimum Gasteiger partial charge on any atom is -0.341 e. The minimum absolute atomic E-state index is 0.603. The first-order valence-electron chi connectivity index (χ1n) is 5.89. The Balaban J connectivity index is 1.62. The van der Waals surface area contributed by atoms with E-state index in [0.29, 0.717) is 5.02 Å². The highest BCUT2D eigenvalue weighted by Gasteiger charge is 2.34. The van der Waals surface area contributed by atoms with Gasteiger partial charge in [0.25, 0.3) is 0 Å². The van der Waals surface area contributed by atoms with E-state index in [1.807, 2.05) is 0 Å². The van der Waals surface area contributed by atoms with Gasteiger partial charge in [-0.1, -0.05) is 11.6 Å². The predicted octanol–water partition coefficient (Wildman–Crippen LogP) is 2.57. The normalized spacial score (nSPS) is 22.4. The molecular formula is C12H15ClN3. The summed E-state index contributed by atoms with van der Waals surface area (Å²) in [6, 6.07) is 0. The molecule has 2 fully saturated rings. The molecule has 1 atom stereocenters. The number of nitrogens with zero attached hydrogens (tertiary/aromatic N) is 3. The maximum Gasteiger partial charge on any atom is 0.225 e. The molecule has 1 aliphatic carbocycles. The van der Waals surface area contributed by atoms with E-state index in [4.69, 9.17) is 11.6 Å². The molecule has 3 rings (SSSR count). The van der Waals surface area contributed by atoms with Gasteiger partial charge in [0.2, 0.25) is 5.95 Å². The van der Waals surface area contributed by atoms with E-state index in [2.05, 4.69) is 21.3 Å². The van der Waals surface area contributed by atoms with Crippen LogP contribution < -0.4 is 4.90 Å². The van der Waals surface area contributed by atoms with E-state index >= 15 is 0 Å². The van der Waals surface area contributed by atoms with Crippen LogP contribution in [0.15, 0.2) is 12.4 Å². The highest BCUT2D eigenvalue weighted by atomic mass is 35.5. The summed E-state index contributed by atoms with van der Waals surface area (Å²) in [5.41, 5.74) is 0. The largest absolute Gasteiger partial charge is 0.341 e. The Kier molecular flexibility index (Phi) is 2.72. The van der Waals surface area contributed by atoms with Gasteiger partial charge in [0, 0.05) is 13.1 Å². The maximum atomic E-state index is 5.78. The molecule has 1 aliphatic heterocycles. The van der Waals surface area contributed by atoms with Crippen molar-refractivity contribution in [2.75, 3.05) is 18.0 Å². The van der Waals surface area contributed by atoms with E-state index < -0.39 is 0 Å². The van der Waals surface area contributed by atoms with E-state index in [0.717, 1.165) is 30.9 Å². The van der Waals surface area contributed by atoms with E-state index in [9.17, 15) is 0 Å². The third kappa shape index (κ3) is 2.14. The average molecular weight is 237 g/mol. The summed E-state index contributed by atoms with van der Waals surface area (Å²) in [6.07, 6.45) is 9.65. The summed E-state index contributed by atoms with van der Waals surface area (Å²) in [4.78, 5) is 10.8. The quantitative estimate of drug-likeness (QED) is 0.790. The van der Waals surface area contributed by atoms with Gasteiger partial charge in [0.05, 0.1) is 17.4 Å². The number of aromatic nitrogens is 2. The van der Waals surface area contributed by atoms with Crippen LogP contribution in [-0.4, -0.2) is 23.1 Å². The highest BCUT2D eigenvalue weighted by molar-refractivity contribution is 6.30. The first-order chi connectivity index (χ1) is 7.83. The molecule has 0 N–H and O–H groups in total. The van der Waals surface area contributed by atoms with Crippen molar-refractivity contribution in [1.29, 1.82) is 0 Å². The lowest BCUT2D eigenvalue weighted by Crippen LogP contribution is -2.35. The van der Waals surface area contributed by atoms with Gasteiger partial charge in [0.15, 0.2) is 0 Å². The Morgan fingerprint density at radius 3 is 2.38 bits per heavy atom. The second-order valence-corrected chi connectivity index (χ2v) is 5.10. The van der Waals surface area contributed by atoms with Crippen molar-refractivity contribution in [3.63, 3.8) is 0 Å². The van der Waals surface area contributed by atoms with Crippen molar-refractivity contribution < 1.29 is 0 Å². The molecule has 0 bridgehead atoms. The van der Waals surface area contributed by atoms with Crippen LogP contribution in [0.5, 0.6) is 0 Å². The molecule has 1 unspecified atom stereocenters. The van der Waals surface area contributed by atoms with Gasteiger partial charge in [-0.3, -0.25) is 0 Å². The van der Waals surface area contributed by atoms with Gasteiger partial charge in [0.1, 0.15) is 0 Å². The Hall–Kier alpha value is -0.830. The first kappa shape index (κ1) is 10.3. The Morgan fingerprint density at radius 1 is 1.19 bits per heavy atom. The standard InChI is InChI=1S/C12H15ClN3/c13-11-7-14-12(15-8-11)16-5-3-10(4-6-16)9-1-2-9/h1,7-10H,2-6H2. The molecule has 1 saturated carbocycles. The molecular weight excluding hydrogens is 222 g/mol. The third-order valence-corrected chi connectivity index (χ3v) is 3.74. The molecule has 1 radical (unpaired) electrons. The lowest BCUT2D eigenvalue weighted by Gasteiger charge is -2.31. The molecule has 85 valence electrons. The fourth-order valence-corrected chi connectivity index (χ4v) is 2.56. The fraction of sp³-hybridized carbons (Fsp3) is 0.583. The molecule has 0 aromatic carbocycles. The summed E-state index contributed by atoms with van der Waals surface area (Å²) in [6.45, 7) is 2.16. The van der Waals surface area contributed by atoms with Crippen molar-refractivity contribution in [3.05, 3.63) is 23.8 Å². The lowest BCUT2D eigenvalue weighted by molar-refractivity contribution is 0.368. The molecule has 2 heterocycles. The maximum absolute atomic E-state index is 5.78. The summed E-state index contributed by atoms with van der Waals surface area (Å²) in [5, 5.41) is 0.603. The third-order valence-electron chi connectivity index (χ3n) is 3.54. The summed E-state index contributed by atoms with van der Waals surface area (Å²) < 4.78 is 0. The van der Waals surface area contributed by atoms with E-state index in [1.165, 1.54) is 19.3 Å². The van der Waals surface area contributed by atoms with Crippen molar-refractivity contribution in [3.8, 4) is 0 Å². The van der Waals surface area contributed by atoms with Gasteiger partial charge in [-0.25, -0.2) is 9.97 Å². The number of rotatable bonds is 2. The fourth-order valence-electron chi connectivity index (χ4n) is 2.46. The zero-order chi connectivity index (χ0) is 11.0. The van der Waals surface area contributed by atoms with Crippen molar-refractivity contribution in [2.24, 2.45) is 11.8 Å². The summed E-state index contributed by atoms with van der Waals surface area (Å²) >= 11 is 5.78. The Bertz CT molecular complexity index is 353. The number of anilines is 1. The van der Waals surface area contributed by atoms with Gasteiger partial charge in [-0.2, -0.15) is 0 Å². The minimum atomic E-state index is 0.603. The molecule has 1 aromatic rings. The Morgan fingerprint density at radius 2 is 1.81 bits per heavy atom. The molecule has 1 aromatic heterocycles. The van der Waals surface area contributed by atoms with Gasteiger partial charge < -0.3 is 4.90 Å². The zero-order valence-corrected chi connectivity index (χ0v) is 9.90. The predicted molar refractivity (Wildman–Crippen MR) is 64.4 cm³/mol. The Labute approximate surface area is 101 Å². The summed E-state index contributed by atoms with van der Waals surface area (Å²) in [7, 11) is 0. The van der Waals surface area contributed by atoms with Crippen LogP contribution >= 0.6 is 11.6 Å². The molecule has 0 spiro atoms. The lowest BCUT2D eigenvalue weighted by atomic mass is 9.92. The number of halogens is 1. The monoisotopic (exact) mass is 236 g/mol. The van der Waals surface area contributed by atoms with Crippen molar-refractivity contribution in [2.45, 2.75) is 19.3 Å².